The monoisotopic (exact) mass is 421 g/mol. The summed E-state index contributed by atoms with van der Waals surface area (Å²) in [5.41, 5.74) is 3.76. The highest BCUT2D eigenvalue weighted by Gasteiger charge is 2.33. The molecule has 0 bridgehead atoms. The summed E-state index contributed by atoms with van der Waals surface area (Å²) in [4.78, 5) is 21.6. The lowest BCUT2D eigenvalue weighted by Gasteiger charge is -2.35. The van der Waals surface area contributed by atoms with Crippen molar-refractivity contribution in [1.82, 2.24) is 9.88 Å². The predicted molar refractivity (Wildman–Crippen MR) is 119 cm³/mol. The minimum atomic E-state index is -0.182. The third-order valence-corrected chi connectivity index (χ3v) is 7.40. The van der Waals surface area contributed by atoms with Crippen LogP contribution in [0, 0.1) is 0 Å². The third kappa shape index (κ3) is 3.82. The summed E-state index contributed by atoms with van der Waals surface area (Å²) in [5.74, 6) is 0.165. The van der Waals surface area contributed by atoms with Crippen molar-refractivity contribution in [2.24, 2.45) is 0 Å². The smallest absolute Gasteiger partial charge is 0.291 e. The quantitative estimate of drug-likeness (QED) is 0.596. The standard InChI is InChI=1S/C24H27N3O2S/c28-23(19-11-8-16-29-19)26-24-21(17-9-2-3-12-20(17)30-24)22(18-10-4-5-13-25-18)27-14-6-1-7-15-27/h4-5,8,10-11,13,16,22H,1-3,6-7,9,12,14-15H2,(H,26,28)/t22-/m1/s1. The number of fused-ring (bicyclic) bond motifs is 1. The number of aryl methyl sites for hydroxylation is 1. The fraction of sp³-hybridized carbons (Fsp3) is 0.417. The van der Waals surface area contributed by atoms with Crippen LogP contribution in [0.5, 0.6) is 0 Å². The largest absolute Gasteiger partial charge is 0.459 e. The number of pyridine rings is 1. The number of amides is 1. The molecular formula is C24H27N3O2S. The van der Waals surface area contributed by atoms with E-state index in [2.05, 4.69) is 22.3 Å². The van der Waals surface area contributed by atoms with Crippen LogP contribution in [-0.2, 0) is 12.8 Å². The molecule has 3 aromatic heterocycles. The zero-order valence-electron chi connectivity index (χ0n) is 17.1. The molecule has 1 N–H and O–H groups in total. The van der Waals surface area contributed by atoms with Gasteiger partial charge in [0.25, 0.3) is 5.91 Å². The molecule has 6 heteroatoms. The van der Waals surface area contributed by atoms with Crippen LogP contribution in [0.4, 0.5) is 5.00 Å². The normalized spacial score (nSPS) is 18.0. The molecule has 30 heavy (non-hydrogen) atoms. The molecule has 5 nitrogen and oxygen atoms in total. The van der Waals surface area contributed by atoms with E-state index < -0.39 is 0 Å². The number of aromatic nitrogens is 1. The first-order chi connectivity index (χ1) is 14.8. The predicted octanol–water partition coefficient (Wildman–Crippen LogP) is 5.44. The van der Waals surface area contributed by atoms with Crippen LogP contribution in [0.25, 0.3) is 0 Å². The van der Waals surface area contributed by atoms with Crippen LogP contribution < -0.4 is 5.32 Å². The van der Waals surface area contributed by atoms with Gasteiger partial charge in [-0.1, -0.05) is 12.5 Å². The van der Waals surface area contributed by atoms with Crippen LogP contribution in [0.3, 0.4) is 0 Å². The van der Waals surface area contributed by atoms with Crippen molar-refractivity contribution in [3.63, 3.8) is 0 Å². The van der Waals surface area contributed by atoms with Gasteiger partial charge in [0, 0.05) is 16.6 Å². The zero-order chi connectivity index (χ0) is 20.3. The summed E-state index contributed by atoms with van der Waals surface area (Å²) in [6, 6.07) is 9.71. The van der Waals surface area contributed by atoms with Gasteiger partial charge in [0.05, 0.1) is 18.0 Å². The Hall–Kier alpha value is -2.44. The zero-order valence-corrected chi connectivity index (χ0v) is 17.9. The Balaban J connectivity index is 1.60. The van der Waals surface area contributed by atoms with Crippen molar-refractivity contribution in [2.45, 2.75) is 51.0 Å². The SMILES string of the molecule is O=C(Nc1sc2c(c1[C@@H](c1ccccn1)N1CCCCC1)CCCC2)c1ccco1. The van der Waals surface area contributed by atoms with E-state index in [1.54, 1.807) is 29.7 Å². The van der Waals surface area contributed by atoms with E-state index in [9.17, 15) is 4.79 Å². The van der Waals surface area contributed by atoms with Gasteiger partial charge in [-0.25, -0.2) is 0 Å². The maximum atomic E-state index is 12.8. The molecule has 0 radical (unpaired) electrons. The molecule has 1 aliphatic heterocycles. The molecule has 1 atom stereocenters. The van der Waals surface area contributed by atoms with Crippen molar-refractivity contribution in [3.8, 4) is 0 Å². The van der Waals surface area contributed by atoms with E-state index in [4.69, 9.17) is 9.40 Å². The van der Waals surface area contributed by atoms with Gasteiger partial charge in [0.1, 0.15) is 5.00 Å². The van der Waals surface area contributed by atoms with E-state index in [0.717, 1.165) is 36.6 Å². The maximum absolute atomic E-state index is 12.8. The summed E-state index contributed by atoms with van der Waals surface area (Å²) in [6.45, 7) is 2.13. The molecule has 2 aliphatic rings. The van der Waals surface area contributed by atoms with Crippen molar-refractivity contribution < 1.29 is 9.21 Å². The van der Waals surface area contributed by atoms with Crippen LogP contribution in [0.15, 0.2) is 47.2 Å². The summed E-state index contributed by atoms with van der Waals surface area (Å²) < 4.78 is 5.34. The summed E-state index contributed by atoms with van der Waals surface area (Å²) in [5, 5.41) is 4.15. The number of nitrogens with one attached hydrogen (secondary N) is 1. The third-order valence-electron chi connectivity index (χ3n) is 6.18. The number of thiophene rings is 1. The molecule has 1 fully saturated rings. The Labute approximate surface area is 181 Å². The molecule has 0 aromatic carbocycles. The second-order valence-corrected chi connectivity index (χ2v) is 9.24. The lowest BCUT2D eigenvalue weighted by molar-refractivity contribution is 0.0996. The van der Waals surface area contributed by atoms with Crippen LogP contribution in [0.2, 0.25) is 0 Å². The highest BCUT2D eigenvalue weighted by atomic mass is 32.1. The summed E-state index contributed by atoms with van der Waals surface area (Å²) >= 11 is 1.75. The summed E-state index contributed by atoms with van der Waals surface area (Å²) in [7, 11) is 0. The van der Waals surface area contributed by atoms with E-state index in [1.165, 1.54) is 48.1 Å². The average Bonchev–Trinajstić information content (AvgIpc) is 3.45. The number of anilines is 1. The Bertz CT molecular complexity index is 991. The topological polar surface area (TPSA) is 58.4 Å². The van der Waals surface area contributed by atoms with Gasteiger partial charge in [-0.05, 0) is 81.4 Å². The van der Waals surface area contributed by atoms with Crippen molar-refractivity contribution >= 4 is 22.2 Å². The number of hydrogen-bond acceptors (Lipinski definition) is 5. The Morgan fingerprint density at radius 1 is 1.07 bits per heavy atom. The van der Waals surface area contributed by atoms with Crippen molar-refractivity contribution in [1.29, 1.82) is 0 Å². The van der Waals surface area contributed by atoms with Crippen molar-refractivity contribution in [3.05, 3.63) is 70.3 Å². The Morgan fingerprint density at radius 2 is 1.93 bits per heavy atom. The molecule has 0 unspecified atom stereocenters. The van der Waals surface area contributed by atoms with E-state index >= 15 is 0 Å². The highest BCUT2D eigenvalue weighted by molar-refractivity contribution is 7.16. The molecule has 1 aliphatic carbocycles. The molecule has 3 aromatic rings. The Kier molecular flexibility index (Phi) is 5.69. The van der Waals surface area contributed by atoms with Crippen LogP contribution in [0.1, 0.15) is 70.4 Å². The van der Waals surface area contributed by atoms with Gasteiger partial charge in [-0.2, -0.15) is 0 Å². The highest BCUT2D eigenvalue weighted by Crippen LogP contribution is 2.45. The minimum Gasteiger partial charge on any atom is -0.459 e. The first-order valence-corrected chi connectivity index (χ1v) is 11.8. The number of likely N-dealkylation sites (tertiary alicyclic amines) is 1. The number of carbonyl (C=O) groups excluding carboxylic acids is 1. The number of furan rings is 1. The van der Waals surface area contributed by atoms with Crippen LogP contribution >= 0.6 is 11.3 Å². The first kappa shape index (κ1) is 19.5. The molecule has 1 amide bonds. The number of carbonyl (C=O) groups is 1. The number of rotatable bonds is 5. The molecular weight excluding hydrogens is 394 g/mol. The molecule has 0 saturated carbocycles. The second-order valence-electron chi connectivity index (χ2n) is 8.14. The first-order valence-electron chi connectivity index (χ1n) is 11.0. The fourth-order valence-electron chi connectivity index (χ4n) is 4.78. The van der Waals surface area contributed by atoms with E-state index in [1.807, 2.05) is 12.3 Å². The number of piperidine rings is 1. The number of nitrogens with zero attached hydrogens (tertiary/aromatic N) is 2. The molecule has 156 valence electrons. The number of hydrogen-bond donors (Lipinski definition) is 1. The molecule has 4 heterocycles. The van der Waals surface area contributed by atoms with Gasteiger partial charge in [0.15, 0.2) is 5.76 Å². The van der Waals surface area contributed by atoms with Gasteiger partial charge in [0.2, 0.25) is 0 Å². The lowest BCUT2D eigenvalue weighted by Crippen LogP contribution is -2.35. The minimum absolute atomic E-state index is 0.0801. The average molecular weight is 422 g/mol. The molecule has 1 saturated heterocycles. The van der Waals surface area contributed by atoms with Gasteiger partial charge < -0.3 is 9.73 Å². The molecule has 0 spiro atoms. The van der Waals surface area contributed by atoms with E-state index in [0.29, 0.717) is 5.76 Å². The lowest BCUT2D eigenvalue weighted by atomic mass is 9.89. The summed E-state index contributed by atoms with van der Waals surface area (Å²) in [6.07, 6.45) is 11.7. The van der Waals surface area contributed by atoms with E-state index in [-0.39, 0.29) is 11.9 Å². The van der Waals surface area contributed by atoms with Gasteiger partial charge >= 0.3 is 0 Å². The van der Waals surface area contributed by atoms with Crippen molar-refractivity contribution in [2.75, 3.05) is 18.4 Å². The molecule has 5 rings (SSSR count). The van der Waals surface area contributed by atoms with Gasteiger partial charge in [-0.15, -0.1) is 11.3 Å². The van der Waals surface area contributed by atoms with Crippen LogP contribution in [-0.4, -0.2) is 28.9 Å². The fourth-order valence-corrected chi connectivity index (χ4v) is 6.09. The Morgan fingerprint density at radius 3 is 2.70 bits per heavy atom. The van der Waals surface area contributed by atoms with Gasteiger partial charge in [-0.3, -0.25) is 14.7 Å². The maximum Gasteiger partial charge on any atom is 0.291 e. The second kappa shape index (κ2) is 8.74.